The first-order valence-corrected chi connectivity index (χ1v) is 5.77. The van der Waals surface area contributed by atoms with E-state index in [1.807, 2.05) is 36.4 Å². The van der Waals surface area contributed by atoms with Crippen LogP contribution in [0.5, 0.6) is 0 Å². The number of amides is 1. The molecule has 0 radical (unpaired) electrons. The quantitative estimate of drug-likeness (QED) is 0.737. The zero-order chi connectivity index (χ0) is 13.2. The van der Waals surface area contributed by atoms with Gasteiger partial charge in [0.25, 0.3) is 0 Å². The second-order valence-corrected chi connectivity index (χ2v) is 4.11. The van der Waals surface area contributed by atoms with Gasteiger partial charge in [0.05, 0.1) is 11.2 Å². The van der Waals surface area contributed by atoms with Crippen molar-refractivity contribution in [1.82, 2.24) is 9.61 Å². The Hall–Kier alpha value is -2.82. The fourth-order valence-corrected chi connectivity index (χ4v) is 1.95. The topological polar surface area (TPSA) is 66.6 Å². The number of fused-ring (bicyclic) bond motifs is 1. The summed E-state index contributed by atoms with van der Waals surface area (Å²) in [5, 5.41) is 15.5. The largest absolute Gasteiger partial charge is 0.465 e. The van der Waals surface area contributed by atoms with Gasteiger partial charge in [-0.05, 0) is 18.2 Å². The molecule has 0 bridgehead atoms. The summed E-state index contributed by atoms with van der Waals surface area (Å²) in [5.74, 6) is 0. The van der Waals surface area contributed by atoms with Gasteiger partial charge in [0, 0.05) is 17.4 Å². The van der Waals surface area contributed by atoms with Gasteiger partial charge in [-0.3, -0.25) is 5.32 Å². The zero-order valence-corrected chi connectivity index (χ0v) is 9.95. The SMILES string of the molecule is O=C(O)Nc1ccn2nc(-c3ccccc3)cc2c1. The number of pyridine rings is 1. The van der Waals surface area contributed by atoms with E-state index < -0.39 is 6.09 Å². The van der Waals surface area contributed by atoms with Crippen molar-refractivity contribution in [2.45, 2.75) is 0 Å². The highest BCUT2D eigenvalue weighted by atomic mass is 16.4. The minimum Gasteiger partial charge on any atom is -0.465 e. The number of anilines is 1. The van der Waals surface area contributed by atoms with Crippen molar-refractivity contribution in [2.75, 3.05) is 5.32 Å². The summed E-state index contributed by atoms with van der Waals surface area (Å²) >= 11 is 0. The zero-order valence-electron chi connectivity index (χ0n) is 9.95. The minimum absolute atomic E-state index is 0.527. The lowest BCUT2D eigenvalue weighted by Gasteiger charge is -2.00. The van der Waals surface area contributed by atoms with Crippen LogP contribution in [0.15, 0.2) is 54.7 Å². The van der Waals surface area contributed by atoms with Crippen LogP contribution in [0.2, 0.25) is 0 Å². The van der Waals surface area contributed by atoms with E-state index in [-0.39, 0.29) is 0 Å². The number of benzene rings is 1. The average molecular weight is 253 g/mol. The molecule has 0 aliphatic carbocycles. The summed E-state index contributed by atoms with van der Waals surface area (Å²) in [5.41, 5.74) is 3.25. The predicted octanol–water partition coefficient (Wildman–Crippen LogP) is 3.09. The Morgan fingerprint density at radius 1 is 1.16 bits per heavy atom. The van der Waals surface area contributed by atoms with Gasteiger partial charge < -0.3 is 5.11 Å². The Labute approximate surface area is 109 Å². The van der Waals surface area contributed by atoms with E-state index in [1.54, 1.807) is 22.8 Å². The van der Waals surface area contributed by atoms with Crippen molar-refractivity contribution in [3.63, 3.8) is 0 Å². The van der Waals surface area contributed by atoms with Crippen LogP contribution in [0, 0.1) is 0 Å². The van der Waals surface area contributed by atoms with Crippen molar-refractivity contribution < 1.29 is 9.90 Å². The van der Waals surface area contributed by atoms with E-state index in [4.69, 9.17) is 5.11 Å². The molecule has 1 aromatic carbocycles. The first-order valence-electron chi connectivity index (χ1n) is 5.77. The van der Waals surface area contributed by atoms with Crippen molar-refractivity contribution >= 4 is 17.3 Å². The van der Waals surface area contributed by atoms with Crippen molar-refractivity contribution in [3.05, 3.63) is 54.7 Å². The molecule has 5 nitrogen and oxygen atoms in total. The number of nitrogens with zero attached hydrogens (tertiary/aromatic N) is 2. The van der Waals surface area contributed by atoms with E-state index >= 15 is 0 Å². The normalized spacial score (nSPS) is 10.5. The molecule has 0 aliphatic heterocycles. The number of nitrogens with one attached hydrogen (secondary N) is 1. The minimum atomic E-state index is -1.08. The molecule has 0 spiro atoms. The number of rotatable bonds is 2. The maximum absolute atomic E-state index is 10.6. The molecule has 3 aromatic rings. The molecule has 0 aliphatic rings. The van der Waals surface area contributed by atoms with Crippen molar-refractivity contribution in [3.8, 4) is 11.3 Å². The molecule has 2 aromatic heterocycles. The lowest BCUT2D eigenvalue weighted by atomic mass is 10.1. The molecular weight excluding hydrogens is 242 g/mol. The third-order valence-electron chi connectivity index (χ3n) is 2.78. The van der Waals surface area contributed by atoms with E-state index in [0.29, 0.717) is 5.69 Å². The van der Waals surface area contributed by atoms with Crippen LogP contribution in [-0.4, -0.2) is 20.8 Å². The standard InChI is InChI=1S/C14H11N3O2/c18-14(19)15-11-6-7-17-12(8-11)9-13(16-17)10-4-2-1-3-5-10/h1-9,15H,(H,18,19). The molecule has 0 atom stereocenters. The van der Waals surface area contributed by atoms with Crippen LogP contribution in [0.1, 0.15) is 0 Å². The highest BCUT2D eigenvalue weighted by Crippen LogP contribution is 2.21. The number of hydrogen-bond donors (Lipinski definition) is 2. The van der Waals surface area contributed by atoms with E-state index in [9.17, 15) is 4.79 Å². The first kappa shape index (κ1) is 11.3. The molecule has 0 saturated carbocycles. The number of hydrogen-bond acceptors (Lipinski definition) is 2. The summed E-state index contributed by atoms with van der Waals surface area (Å²) < 4.78 is 1.72. The van der Waals surface area contributed by atoms with Gasteiger partial charge in [0.1, 0.15) is 0 Å². The molecule has 2 N–H and O–H groups in total. The van der Waals surface area contributed by atoms with Crippen LogP contribution in [0.3, 0.4) is 0 Å². The Kier molecular flexibility index (Phi) is 2.64. The Balaban J connectivity index is 2.04. The van der Waals surface area contributed by atoms with Gasteiger partial charge in [0.15, 0.2) is 0 Å². The van der Waals surface area contributed by atoms with Gasteiger partial charge in [0.2, 0.25) is 0 Å². The van der Waals surface area contributed by atoms with Crippen molar-refractivity contribution in [2.24, 2.45) is 0 Å². The Morgan fingerprint density at radius 3 is 2.68 bits per heavy atom. The molecule has 0 unspecified atom stereocenters. The van der Waals surface area contributed by atoms with Gasteiger partial charge in [-0.15, -0.1) is 0 Å². The summed E-state index contributed by atoms with van der Waals surface area (Å²) in [6, 6.07) is 15.2. The highest BCUT2D eigenvalue weighted by Gasteiger charge is 2.05. The van der Waals surface area contributed by atoms with Crippen LogP contribution >= 0.6 is 0 Å². The smallest absolute Gasteiger partial charge is 0.409 e. The number of carboxylic acid groups (broad SMARTS) is 1. The van der Waals surface area contributed by atoms with Crippen LogP contribution in [0.25, 0.3) is 16.8 Å². The van der Waals surface area contributed by atoms with Gasteiger partial charge in [-0.2, -0.15) is 5.10 Å². The van der Waals surface area contributed by atoms with E-state index in [1.165, 1.54) is 0 Å². The maximum atomic E-state index is 10.6. The molecule has 1 amide bonds. The van der Waals surface area contributed by atoms with Gasteiger partial charge in [-0.1, -0.05) is 30.3 Å². The first-order chi connectivity index (χ1) is 9.22. The predicted molar refractivity (Wildman–Crippen MR) is 72.3 cm³/mol. The van der Waals surface area contributed by atoms with E-state index in [2.05, 4.69) is 10.4 Å². The molecule has 19 heavy (non-hydrogen) atoms. The summed E-state index contributed by atoms with van der Waals surface area (Å²) in [6.45, 7) is 0. The Morgan fingerprint density at radius 2 is 1.95 bits per heavy atom. The monoisotopic (exact) mass is 253 g/mol. The molecule has 0 saturated heterocycles. The van der Waals surface area contributed by atoms with Gasteiger partial charge in [-0.25, -0.2) is 9.31 Å². The molecule has 5 heteroatoms. The van der Waals surface area contributed by atoms with Gasteiger partial charge >= 0.3 is 6.09 Å². The third-order valence-corrected chi connectivity index (χ3v) is 2.78. The van der Waals surface area contributed by atoms with Crippen LogP contribution < -0.4 is 5.32 Å². The van der Waals surface area contributed by atoms with Crippen LogP contribution in [0.4, 0.5) is 10.5 Å². The molecule has 94 valence electrons. The molecule has 0 fully saturated rings. The molecule has 2 heterocycles. The summed E-state index contributed by atoms with van der Waals surface area (Å²) in [4.78, 5) is 10.6. The summed E-state index contributed by atoms with van der Waals surface area (Å²) in [6.07, 6.45) is 0.652. The second-order valence-electron chi connectivity index (χ2n) is 4.11. The highest BCUT2D eigenvalue weighted by molar-refractivity contribution is 5.84. The average Bonchev–Trinajstić information content (AvgIpc) is 2.82. The fraction of sp³-hybridized carbons (Fsp3) is 0. The second kappa shape index (κ2) is 4.45. The maximum Gasteiger partial charge on any atom is 0.409 e. The Bertz CT molecular complexity index is 735. The number of carbonyl (C=O) groups is 1. The lowest BCUT2D eigenvalue weighted by molar-refractivity contribution is 0.210. The third kappa shape index (κ3) is 2.26. The molecular formula is C14H11N3O2. The van der Waals surface area contributed by atoms with Crippen LogP contribution in [-0.2, 0) is 0 Å². The van der Waals surface area contributed by atoms with E-state index in [0.717, 1.165) is 16.8 Å². The molecule has 3 rings (SSSR count). The number of aromatic nitrogens is 2. The summed E-state index contributed by atoms with van der Waals surface area (Å²) in [7, 11) is 0. The fourth-order valence-electron chi connectivity index (χ4n) is 1.95. The van der Waals surface area contributed by atoms with Crippen molar-refractivity contribution in [1.29, 1.82) is 0 Å². The lowest BCUT2D eigenvalue weighted by Crippen LogP contribution is -2.07.